The number of anilines is 1. The lowest BCUT2D eigenvalue weighted by Gasteiger charge is -2.22. The fraction of sp³-hybridized carbons (Fsp3) is 0.240. The van der Waals surface area contributed by atoms with Crippen molar-refractivity contribution in [1.29, 1.82) is 5.26 Å². The number of rotatable bonds is 7. The lowest BCUT2D eigenvalue weighted by molar-refractivity contribution is -0.147. The molecule has 0 saturated heterocycles. The predicted octanol–water partition coefficient (Wildman–Crippen LogP) is 4.49. The van der Waals surface area contributed by atoms with Gasteiger partial charge in [0.1, 0.15) is 0 Å². The van der Waals surface area contributed by atoms with Gasteiger partial charge in [0.05, 0.1) is 18.9 Å². The van der Waals surface area contributed by atoms with E-state index < -0.39 is 5.97 Å². The Bertz CT molecular complexity index is 1090. The normalized spacial score (nSPS) is 10.4. The van der Waals surface area contributed by atoms with Crippen LogP contribution in [0.2, 0.25) is 0 Å². The number of benzene rings is 3. The van der Waals surface area contributed by atoms with Crippen molar-refractivity contribution < 1.29 is 14.3 Å². The zero-order chi connectivity index (χ0) is 21.5. The zero-order valence-corrected chi connectivity index (χ0v) is 17.2. The summed E-state index contributed by atoms with van der Waals surface area (Å²) >= 11 is 0. The Morgan fingerprint density at radius 1 is 1.00 bits per heavy atom. The third-order valence-corrected chi connectivity index (χ3v) is 4.84. The van der Waals surface area contributed by atoms with Gasteiger partial charge < -0.3 is 9.64 Å². The summed E-state index contributed by atoms with van der Waals surface area (Å²) in [6.07, 6.45) is 0.291. The zero-order valence-electron chi connectivity index (χ0n) is 17.2. The molecule has 0 fully saturated rings. The average molecular weight is 400 g/mol. The van der Waals surface area contributed by atoms with Crippen LogP contribution in [0.4, 0.5) is 5.69 Å². The van der Waals surface area contributed by atoms with E-state index in [4.69, 9.17) is 10.00 Å². The van der Waals surface area contributed by atoms with Gasteiger partial charge in [-0.15, -0.1) is 0 Å². The molecule has 0 aliphatic rings. The number of ether oxygens (including phenoxy) is 1. The first-order valence-electron chi connectivity index (χ1n) is 9.86. The van der Waals surface area contributed by atoms with Gasteiger partial charge in [0.25, 0.3) is 5.91 Å². The molecule has 0 unspecified atom stereocenters. The molecule has 0 aliphatic heterocycles. The Morgan fingerprint density at radius 2 is 1.70 bits per heavy atom. The molecule has 0 aliphatic carbocycles. The third kappa shape index (κ3) is 5.24. The van der Waals surface area contributed by atoms with E-state index in [2.05, 4.69) is 6.07 Å². The summed E-state index contributed by atoms with van der Waals surface area (Å²) in [5, 5.41) is 11.0. The van der Waals surface area contributed by atoms with Crippen LogP contribution in [0.1, 0.15) is 23.1 Å². The van der Waals surface area contributed by atoms with E-state index in [1.165, 1.54) is 4.90 Å². The summed E-state index contributed by atoms with van der Waals surface area (Å²) in [6, 6.07) is 21.5. The molecular formula is C25H24N2O3. The Kier molecular flexibility index (Phi) is 6.82. The van der Waals surface area contributed by atoms with E-state index in [0.717, 1.165) is 27.5 Å². The highest BCUT2D eigenvalue weighted by atomic mass is 16.5. The second-order valence-corrected chi connectivity index (χ2v) is 7.28. The van der Waals surface area contributed by atoms with Crippen LogP contribution in [-0.2, 0) is 20.7 Å². The quantitative estimate of drug-likeness (QED) is 0.548. The smallest absolute Gasteiger partial charge is 0.310 e. The lowest BCUT2D eigenvalue weighted by Crippen LogP contribution is -2.35. The van der Waals surface area contributed by atoms with Gasteiger partial charge >= 0.3 is 5.97 Å². The molecule has 30 heavy (non-hydrogen) atoms. The first-order chi connectivity index (χ1) is 14.5. The molecule has 0 heterocycles. The number of amides is 1. The number of aryl methyl sites for hydroxylation is 2. The van der Waals surface area contributed by atoms with Gasteiger partial charge in [-0.05, 0) is 53.4 Å². The fourth-order valence-corrected chi connectivity index (χ4v) is 3.54. The maximum Gasteiger partial charge on any atom is 0.310 e. The van der Waals surface area contributed by atoms with Gasteiger partial charge in [-0.3, -0.25) is 9.59 Å². The molecule has 3 aromatic rings. The van der Waals surface area contributed by atoms with Crippen LogP contribution in [0, 0.1) is 25.2 Å². The second-order valence-electron chi connectivity index (χ2n) is 7.28. The van der Waals surface area contributed by atoms with Crippen LogP contribution in [0.25, 0.3) is 10.8 Å². The number of nitriles is 1. The van der Waals surface area contributed by atoms with Crippen molar-refractivity contribution in [3.05, 3.63) is 77.4 Å². The Morgan fingerprint density at radius 3 is 2.43 bits per heavy atom. The van der Waals surface area contributed by atoms with Gasteiger partial charge in [-0.25, -0.2) is 0 Å². The van der Waals surface area contributed by atoms with Crippen molar-refractivity contribution >= 4 is 28.3 Å². The van der Waals surface area contributed by atoms with E-state index in [9.17, 15) is 9.59 Å². The van der Waals surface area contributed by atoms with Crippen LogP contribution >= 0.6 is 0 Å². The molecule has 1 amide bonds. The Hall–Kier alpha value is -3.65. The largest absolute Gasteiger partial charge is 0.455 e. The molecule has 152 valence electrons. The van der Waals surface area contributed by atoms with Crippen molar-refractivity contribution in [2.45, 2.75) is 26.7 Å². The topological polar surface area (TPSA) is 70.4 Å². The van der Waals surface area contributed by atoms with Gasteiger partial charge in [-0.1, -0.05) is 48.5 Å². The average Bonchev–Trinajstić information content (AvgIpc) is 2.72. The Balaban J connectivity index is 1.68. The number of hydrogen-bond donors (Lipinski definition) is 0. The maximum absolute atomic E-state index is 12.8. The monoisotopic (exact) mass is 400 g/mol. The highest BCUT2D eigenvalue weighted by molar-refractivity contribution is 5.96. The van der Waals surface area contributed by atoms with Crippen molar-refractivity contribution in [3.8, 4) is 6.07 Å². The number of hydrogen-bond acceptors (Lipinski definition) is 4. The summed E-state index contributed by atoms with van der Waals surface area (Å²) in [5.41, 5.74) is 3.61. The van der Waals surface area contributed by atoms with Crippen LogP contribution in [0.5, 0.6) is 0 Å². The van der Waals surface area contributed by atoms with E-state index in [1.54, 1.807) is 0 Å². The van der Waals surface area contributed by atoms with Crippen LogP contribution < -0.4 is 4.90 Å². The van der Waals surface area contributed by atoms with Crippen LogP contribution in [0.3, 0.4) is 0 Å². The summed E-state index contributed by atoms with van der Waals surface area (Å²) in [4.78, 5) is 26.7. The molecule has 0 spiro atoms. The molecule has 0 N–H and O–H groups in total. The number of esters is 1. The SMILES string of the molecule is Cc1cc(C)cc(N(CCC#N)C(=O)COC(=O)Cc2cccc3ccccc23)c1. The molecule has 0 saturated carbocycles. The van der Waals surface area contributed by atoms with Crippen LogP contribution in [0.15, 0.2) is 60.7 Å². The molecular weight excluding hydrogens is 376 g/mol. The fourth-order valence-electron chi connectivity index (χ4n) is 3.54. The van der Waals surface area contributed by atoms with Crippen molar-refractivity contribution in [3.63, 3.8) is 0 Å². The second kappa shape index (κ2) is 9.71. The summed E-state index contributed by atoms with van der Waals surface area (Å²) in [6.45, 7) is 3.79. The molecule has 0 bridgehead atoms. The van der Waals surface area contributed by atoms with Gasteiger partial charge in [0, 0.05) is 12.2 Å². The van der Waals surface area contributed by atoms with E-state index in [0.29, 0.717) is 5.69 Å². The van der Waals surface area contributed by atoms with Crippen molar-refractivity contribution in [2.75, 3.05) is 18.1 Å². The maximum atomic E-state index is 12.8. The van der Waals surface area contributed by atoms with E-state index in [-0.39, 0.29) is 31.9 Å². The molecule has 3 aromatic carbocycles. The molecule has 5 nitrogen and oxygen atoms in total. The first kappa shape index (κ1) is 21.1. The molecule has 5 heteroatoms. The van der Waals surface area contributed by atoms with Gasteiger partial charge in [-0.2, -0.15) is 5.26 Å². The first-order valence-corrected chi connectivity index (χ1v) is 9.86. The van der Waals surface area contributed by atoms with Crippen LogP contribution in [-0.4, -0.2) is 25.0 Å². The minimum absolute atomic E-state index is 0.0936. The number of fused-ring (bicyclic) bond motifs is 1. The Labute approximate surface area is 176 Å². The minimum atomic E-state index is -0.458. The predicted molar refractivity (Wildman–Crippen MR) is 117 cm³/mol. The van der Waals surface area contributed by atoms with Gasteiger partial charge in [0.2, 0.25) is 0 Å². The van der Waals surface area contributed by atoms with Gasteiger partial charge in [0.15, 0.2) is 6.61 Å². The van der Waals surface area contributed by atoms with E-state index in [1.807, 2.05) is 74.5 Å². The molecule has 0 atom stereocenters. The summed E-state index contributed by atoms with van der Waals surface area (Å²) in [5.74, 6) is -0.804. The summed E-state index contributed by atoms with van der Waals surface area (Å²) < 4.78 is 5.29. The number of nitrogens with zero attached hydrogens (tertiary/aromatic N) is 2. The lowest BCUT2D eigenvalue weighted by atomic mass is 10.0. The highest BCUT2D eigenvalue weighted by Crippen LogP contribution is 2.21. The molecule has 0 radical (unpaired) electrons. The summed E-state index contributed by atoms with van der Waals surface area (Å²) in [7, 11) is 0. The number of carbonyl (C=O) groups is 2. The third-order valence-electron chi connectivity index (χ3n) is 4.84. The van der Waals surface area contributed by atoms with E-state index >= 15 is 0 Å². The standard InChI is InChI=1S/C25H24N2O3/c1-18-13-19(2)15-22(14-18)27(12-6-11-26)24(28)17-30-25(29)16-21-9-5-8-20-7-3-4-10-23(20)21/h3-5,7-10,13-15H,6,12,16-17H2,1-2H3. The highest BCUT2D eigenvalue weighted by Gasteiger charge is 2.18. The minimum Gasteiger partial charge on any atom is -0.455 e. The molecule has 3 rings (SSSR count). The van der Waals surface area contributed by atoms with Crippen molar-refractivity contribution in [2.24, 2.45) is 0 Å². The molecule has 0 aromatic heterocycles. The van der Waals surface area contributed by atoms with Crippen molar-refractivity contribution in [1.82, 2.24) is 0 Å². The number of carbonyl (C=O) groups excluding carboxylic acids is 2.